The zero-order valence-electron chi connectivity index (χ0n) is 14.3. The van der Waals surface area contributed by atoms with E-state index in [9.17, 15) is 18.0 Å². The molecule has 1 N–H and O–H groups in total. The van der Waals surface area contributed by atoms with Gasteiger partial charge in [-0.2, -0.15) is 13.2 Å². The van der Waals surface area contributed by atoms with Gasteiger partial charge in [0.15, 0.2) is 6.10 Å². The molecule has 27 heavy (non-hydrogen) atoms. The maximum atomic E-state index is 12.3. The fraction of sp³-hybridized carbons (Fsp3) is 0.316. The van der Waals surface area contributed by atoms with Gasteiger partial charge < -0.3 is 14.8 Å². The number of alkyl halides is 3. The van der Waals surface area contributed by atoms with Crippen LogP contribution in [0.25, 0.3) is 0 Å². The van der Waals surface area contributed by atoms with Gasteiger partial charge in [-0.1, -0.05) is 36.4 Å². The summed E-state index contributed by atoms with van der Waals surface area (Å²) in [6.07, 6.45) is -4.88. The van der Waals surface area contributed by atoms with E-state index < -0.39 is 18.9 Å². The Hall–Kier alpha value is -2.19. The maximum absolute atomic E-state index is 12.3. The lowest BCUT2D eigenvalue weighted by atomic mass is 10.1. The second-order valence-electron chi connectivity index (χ2n) is 6.01. The van der Waals surface area contributed by atoms with Gasteiger partial charge in [-0.05, 0) is 23.3 Å². The lowest BCUT2D eigenvalue weighted by Crippen LogP contribution is -2.41. The van der Waals surface area contributed by atoms with Gasteiger partial charge in [-0.3, -0.25) is 4.79 Å². The molecular formula is C19H18F3NO3S. The molecule has 2 aromatic carbocycles. The number of carbonyl (C=O) groups excluding carboxylic acids is 1. The van der Waals surface area contributed by atoms with Crippen molar-refractivity contribution in [3.8, 4) is 5.75 Å². The molecule has 1 aliphatic heterocycles. The number of nitrogens with one attached hydrogen (secondary N) is 1. The van der Waals surface area contributed by atoms with E-state index in [1.165, 1.54) is 0 Å². The quantitative estimate of drug-likeness (QED) is 0.802. The third-order valence-corrected chi connectivity index (χ3v) is 4.94. The zero-order chi connectivity index (χ0) is 19.3. The number of carbonyl (C=O) groups is 1. The fourth-order valence-electron chi connectivity index (χ4n) is 2.49. The number of hydrogen-bond acceptors (Lipinski definition) is 4. The summed E-state index contributed by atoms with van der Waals surface area (Å²) in [5, 5.41) is 2.82. The number of thioether (sulfide) groups is 1. The first kappa shape index (κ1) is 19.6. The van der Waals surface area contributed by atoms with Crippen LogP contribution in [0.4, 0.5) is 13.2 Å². The molecule has 0 unspecified atom stereocenters. The topological polar surface area (TPSA) is 47.6 Å². The van der Waals surface area contributed by atoms with E-state index in [1.807, 2.05) is 24.3 Å². The van der Waals surface area contributed by atoms with Gasteiger partial charge in [0.25, 0.3) is 5.91 Å². The standard InChI is InChI=1S/C19H18F3NO3S/c20-19(21,22)12-25-10-14-7-5-13(6-8-14)9-23-18(24)16-11-27-17-4-2-1-3-15(17)26-16/h1-8,16H,9-12H2,(H,23,24)/t16-/m1/s1. The van der Waals surface area contributed by atoms with Crippen molar-refractivity contribution in [1.82, 2.24) is 5.32 Å². The van der Waals surface area contributed by atoms with Crippen molar-refractivity contribution >= 4 is 17.7 Å². The Morgan fingerprint density at radius 2 is 1.85 bits per heavy atom. The molecule has 0 aromatic heterocycles. The highest BCUT2D eigenvalue weighted by Crippen LogP contribution is 2.34. The number of para-hydroxylation sites is 1. The summed E-state index contributed by atoms with van der Waals surface area (Å²) in [7, 11) is 0. The van der Waals surface area contributed by atoms with Crippen LogP contribution in [-0.4, -0.2) is 30.5 Å². The minimum absolute atomic E-state index is 0.112. The van der Waals surface area contributed by atoms with Crippen molar-refractivity contribution in [3.63, 3.8) is 0 Å². The maximum Gasteiger partial charge on any atom is 0.411 e. The van der Waals surface area contributed by atoms with Crippen LogP contribution >= 0.6 is 11.8 Å². The molecule has 8 heteroatoms. The van der Waals surface area contributed by atoms with E-state index in [2.05, 4.69) is 10.1 Å². The van der Waals surface area contributed by atoms with Crippen molar-refractivity contribution in [3.05, 3.63) is 59.7 Å². The molecule has 3 rings (SSSR count). The predicted molar refractivity (Wildman–Crippen MR) is 95.6 cm³/mol. The first-order valence-corrected chi connectivity index (χ1v) is 9.28. The Labute approximate surface area is 159 Å². The Bertz CT molecular complexity index is 781. The van der Waals surface area contributed by atoms with Crippen LogP contribution in [0.1, 0.15) is 11.1 Å². The molecule has 1 atom stereocenters. The highest BCUT2D eigenvalue weighted by Gasteiger charge is 2.27. The molecule has 0 saturated carbocycles. The first-order chi connectivity index (χ1) is 12.9. The molecule has 144 valence electrons. The molecular weight excluding hydrogens is 379 g/mol. The molecule has 0 saturated heterocycles. The molecule has 1 aliphatic rings. The van der Waals surface area contributed by atoms with Gasteiger partial charge in [0.1, 0.15) is 12.4 Å². The zero-order valence-corrected chi connectivity index (χ0v) is 15.1. The predicted octanol–water partition coefficient (Wildman–Crippen LogP) is 3.94. The first-order valence-electron chi connectivity index (χ1n) is 8.29. The molecule has 4 nitrogen and oxygen atoms in total. The second-order valence-corrected chi connectivity index (χ2v) is 7.07. The van der Waals surface area contributed by atoms with E-state index in [0.29, 0.717) is 23.6 Å². The van der Waals surface area contributed by atoms with Crippen molar-refractivity contribution in [2.24, 2.45) is 0 Å². The van der Waals surface area contributed by atoms with Crippen LogP contribution in [0.2, 0.25) is 0 Å². The van der Waals surface area contributed by atoms with Crippen LogP contribution < -0.4 is 10.1 Å². The summed E-state index contributed by atoms with van der Waals surface area (Å²) in [5.74, 6) is 1.05. The highest BCUT2D eigenvalue weighted by molar-refractivity contribution is 7.99. The number of benzene rings is 2. The van der Waals surface area contributed by atoms with Gasteiger partial charge in [0.2, 0.25) is 0 Å². The van der Waals surface area contributed by atoms with Gasteiger partial charge in [0, 0.05) is 17.2 Å². The SMILES string of the molecule is O=C(NCc1ccc(COCC(F)(F)F)cc1)[C@H]1CSc2ccccc2O1. The van der Waals surface area contributed by atoms with Gasteiger partial charge in [-0.15, -0.1) is 11.8 Å². The number of amides is 1. The largest absolute Gasteiger partial charge is 0.479 e. The number of rotatable bonds is 6. The molecule has 1 heterocycles. The molecule has 0 aliphatic carbocycles. The minimum Gasteiger partial charge on any atom is -0.479 e. The summed E-state index contributed by atoms with van der Waals surface area (Å²) in [6.45, 7) is -1.07. The average molecular weight is 397 g/mol. The minimum atomic E-state index is -4.33. The number of halogens is 3. The Morgan fingerprint density at radius 3 is 2.59 bits per heavy atom. The molecule has 0 radical (unpaired) electrons. The Balaban J connectivity index is 1.45. The molecule has 0 spiro atoms. The normalized spacial score (nSPS) is 16.3. The Morgan fingerprint density at radius 1 is 1.15 bits per heavy atom. The van der Waals surface area contributed by atoms with Crippen molar-refractivity contribution in [2.75, 3.05) is 12.4 Å². The highest BCUT2D eigenvalue weighted by atomic mass is 32.2. The molecule has 0 fully saturated rings. The van der Waals surface area contributed by atoms with Gasteiger partial charge in [-0.25, -0.2) is 0 Å². The third kappa shape index (κ3) is 5.90. The third-order valence-electron chi connectivity index (χ3n) is 3.83. The lowest BCUT2D eigenvalue weighted by molar-refractivity contribution is -0.176. The fourth-order valence-corrected chi connectivity index (χ4v) is 3.47. The summed E-state index contributed by atoms with van der Waals surface area (Å²) in [4.78, 5) is 13.3. The van der Waals surface area contributed by atoms with Crippen LogP contribution in [0.3, 0.4) is 0 Å². The van der Waals surface area contributed by atoms with Crippen LogP contribution in [0.15, 0.2) is 53.4 Å². The monoisotopic (exact) mass is 397 g/mol. The molecule has 0 bridgehead atoms. The van der Waals surface area contributed by atoms with Crippen LogP contribution in [0.5, 0.6) is 5.75 Å². The number of ether oxygens (including phenoxy) is 2. The summed E-state index contributed by atoms with van der Waals surface area (Å²) >= 11 is 1.58. The Kier molecular flexibility index (Phi) is 6.28. The van der Waals surface area contributed by atoms with Gasteiger partial charge >= 0.3 is 6.18 Å². The second kappa shape index (κ2) is 8.67. The smallest absolute Gasteiger partial charge is 0.411 e. The van der Waals surface area contributed by atoms with E-state index in [4.69, 9.17) is 4.74 Å². The lowest BCUT2D eigenvalue weighted by Gasteiger charge is -2.24. The van der Waals surface area contributed by atoms with Crippen molar-refractivity contribution in [2.45, 2.75) is 30.3 Å². The van der Waals surface area contributed by atoms with Crippen molar-refractivity contribution < 1.29 is 27.4 Å². The van der Waals surface area contributed by atoms with E-state index >= 15 is 0 Å². The van der Waals surface area contributed by atoms with Crippen LogP contribution in [0, 0.1) is 0 Å². The van der Waals surface area contributed by atoms with E-state index in [1.54, 1.807) is 36.0 Å². The summed E-state index contributed by atoms with van der Waals surface area (Å²) in [6, 6.07) is 14.4. The van der Waals surface area contributed by atoms with Crippen LogP contribution in [-0.2, 0) is 22.7 Å². The van der Waals surface area contributed by atoms with Gasteiger partial charge in [0.05, 0.1) is 6.61 Å². The van der Waals surface area contributed by atoms with E-state index in [0.717, 1.165) is 10.5 Å². The molecule has 1 amide bonds. The van der Waals surface area contributed by atoms with E-state index in [-0.39, 0.29) is 12.5 Å². The number of hydrogen-bond donors (Lipinski definition) is 1. The molecule has 2 aromatic rings. The summed E-state index contributed by atoms with van der Waals surface area (Å²) in [5.41, 5.74) is 1.48. The summed E-state index contributed by atoms with van der Waals surface area (Å²) < 4.78 is 46.5. The average Bonchev–Trinajstić information content (AvgIpc) is 2.65. The number of fused-ring (bicyclic) bond motifs is 1. The van der Waals surface area contributed by atoms with Crippen molar-refractivity contribution in [1.29, 1.82) is 0 Å².